The zero-order valence-electron chi connectivity index (χ0n) is 11.5. The number of sulfonamides is 1. The molecular weight excluding hydrogens is 314 g/mol. The highest BCUT2D eigenvalue weighted by atomic mass is 32.2. The predicted molar refractivity (Wildman–Crippen MR) is 78.4 cm³/mol. The van der Waals surface area contributed by atoms with Gasteiger partial charge in [-0.15, -0.1) is 0 Å². The largest absolute Gasteiger partial charge is 0.389 e. The fourth-order valence-electron chi connectivity index (χ4n) is 3.28. The van der Waals surface area contributed by atoms with Gasteiger partial charge in [0.2, 0.25) is 10.0 Å². The van der Waals surface area contributed by atoms with Crippen molar-refractivity contribution in [3.05, 3.63) is 22.4 Å². The summed E-state index contributed by atoms with van der Waals surface area (Å²) >= 11 is 1.45. The van der Waals surface area contributed by atoms with E-state index in [2.05, 4.69) is 0 Å². The van der Waals surface area contributed by atoms with Crippen LogP contribution in [0.15, 0.2) is 16.8 Å². The first-order chi connectivity index (χ1) is 9.96. The second-order valence-electron chi connectivity index (χ2n) is 5.65. The monoisotopic (exact) mass is 333 g/mol. The third-order valence-corrected chi connectivity index (χ3v) is 7.00. The molecule has 118 valence electrons. The van der Waals surface area contributed by atoms with E-state index in [1.807, 2.05) is 5.38 Å². The number of nitrogens with zero attached hydrogens (tertiary/aromatic N) is 1. The van der Waals surface area contributed by atoms with Crippen molar-refractivity contribution in [3.63, 3.8) is 0 Å². The third-order valence-electron chi connectivity index (χ3n) is 4.39. The fraction of sp³-hybridized carbons (Fsp3) is 0.692. The summed E-state index contributed by atoms with van der Waals surface area (Å²) in [7, 11) is -3.59. The van der Waals surface area contributed by atoms with Crippen LogP contribution in [0.2, 0.25) is 0 Å². The number of aliphatic hydroxyl groups is 2. The predicted octanol–water partition coefficient (Wildman–Crippen LogP) is 0.165. The number of hydrogen-bond acceptors (Lipinski definition) is 6. The van der Waals surface area contributed by atoms with Gasteiger partial charge in [-0.3, -0.25) is 0 Å². The van der Waals surface area contributed by atoms with Crippen molar-refractivity contribution in [1.82, 2.24) is 4.31 Å². The summed E-state index contributed by atoms with van der Waals surface area (Å²) in [6.45, 7) is 0.746. The molecule has 2 aliphatic rings. The van der Waals surface area contributed by atoms with Crippen molar-refractivity contribution in [3.8, 4) is 0 Å². The summed E-state index contributed by atoms with van der Waals surface area (Å²) in [5, 5.41) is 23.9. The zero-order chi connectivity index (χ0) is 15.1. The van der Waals surface area contributed by atoms with Crippen LogP contribution in [0.5, 0.6) is 0 Å². The molecule has 0 radical (unpaired) electrons. The van der Waals surface area contributed by atoms with Gasteiger partial charge in [-0.25, -0.2) is 8.42 Å². The smallest absolute Gasteiger partial charge is 0.219 e. The molecule has 8 heteroatoms. The summed E-state index contributed by atoms with van der Waals surface area (Å²) < 4.78 is 32.1. The second kappa shape index (κ2) is 5.60. The number of aliphatic hydroxyl groups excluding tert-OH is 2. The lowest BCUT2D eigenvalue weighted by Crippen LogP contribution is -2.56. The maximum atomic E-state index is 12.7. The second-order valence-corrected chi connectivity index (χ2v) is 8.32. The van der Waals surface area contributed by atoms with Crippen molar-refractivity contribution in [2.75, 3.05) is 19.8 Å². The minimum absolute atomic E-state index is 0.0480. The maximum Gasteiger partial charge on any atom is 0.219 e. The van der Waals surface area contributed by atoms with Crippen molar-refractivity contribution in [2.45, 2.75) is 36.3 Å². The number of thiophene rings is 1. The quantitative estimate of drug-likeness (QED) is 0.823. The highest BCUT2D eigenvalue weighted by Gasteiger charge is 2.57. The van der Waals surface area contributed by atoms with Crippen LogP contribution >= 0.6 is 11.3 Å². The van der Waals surface area contributed by atoms with Gasteiger partial charge in [-0.05, 0) is 35.2 Å². The Balaban J connectivity index is 1.91. The third kappa shape index (κ3) is 2.64. The molecule has 2 aliphatic heterocycles. The van der Waals surface area contributed by atoms with Crippen LogP contribution in [0.25, 0.3) is 0 Å². The molecule has 0 unspecified atom stereocenters. The lowest BCUT2D eigenvalue weighted by Gasteiger charge is -2.42. The molecule has 0 bridgehead atoms. The summed E-state index contributed by atoms with van der Waals surface area (Å²) in [4.78, 5) is 0. The van der Waals surface area contributed by atoms with Crippen molar-refractivity contribution in [2.24, 2.45) is 0 Å². The summed E-state index contributed by atoms with van der Waals surface area (Å²) in [6.07, 6.45) is -1.28. The fourth-order valence-corrected chi connectivity index (χ4v) is 6.04. The van der Waals surface area contributed by atoms with Crippen LogP contribution < -0.4 is 0 Å². The highest BCUT2D eigenvalue weighted by molar-refractivity contribution is 7.88. The first kappa shape index (κ1) is 15.4. The van der Waals surface area contributed by atoms with Gasteiger partial charge in [-0.2, -0.15) is 15.6 Å². The van der Waals surface area contributed by atoms with E-state index in [-0.39, 0.29) is 12.3 Å². The van der Waals surface area contributed by atoms with E-state index in [9.17, 15) is 18.6 Å². The van der Waals surface area contributed by atoms with Crippen LogP contribution in [-0.4, -0.2) is 60.4 Å². The Morgan fingerprint density at radius 1 is 1.38 bits per heavy atom. The summed E-state index contributed by atoms with van der Waals surface area (Å²) in [5.74, 6) is -0.0987. The molecule has 2 atom stereocenters. The molecule has 0 amide bonds. The highest BCUT2D eigenvalue weighted by Crippen LogP contribution is 2.40. The normalized spacial score (nSPS) is 30.0. The summed E-state index contributed by atoms with van der Waals surface area (Å²) in [6, 6.07) is 1.78. The van der Waals surface area contributed by atoms with Crippen molar-refractivity contribution < 1.29 is 23.4 Å². The van der Waals surface area contributed by atoms with Gasteiger partial charge >= 0.3 is 0 Å². The average molecular weight is 333 g/mol. The standard InChI is InChI=1S/C13H19NO5S2/c15-11-7-14(13(12(11)16)2-4-19-5-3-13)21(17,18)9-10-1-6-20-8-10/h1,6,8,11-12,15-16H,2-5,7,9H2/t11-,12-/m1/s1. The van der Waals surface area contributed by atoms with Crippen LogP contribution in [-0.2, 0) is 20.5 Å². The molecule has 2 fully saturated rings. The molecule has 1 spiro atoms. The van der Waals surface area contributed by atoms with Crippen molar-refractivity contribution >= 4 is 21.4 Å². The van der Waals surface area contributed by atoms with E-state index < -0.39 is 27.8 Å². The molecule has 2 saturated heterocycles. The molecule has 6 nitrogen and oxygen atoms in total. The number of hydrogen-bond donors (Lipinski definition) is 2. The van der Waals surface area contributed by atoms with Gasteiger partial charge in [-0.1, -0.05) is 0 Å². The minimum atomic E-state index is -3.59. The van der Waals surface area contributed by atoms with E-state index in [1.165, 1.54) is 15.6 Å². The minimum Gasteiger partial charge on any atom is -0.389 e. The van der Waals surface area contributed by atoms with E-state index in [0.717, 1.165) is 5.56 Å². The molecule has 21 heavy (non-hydrogen) atoms. The number of rotatable bonds is 3. The van der Waals surface area contributed by atoms with Crippen LogP contribution in [0, 0.1) is 0 Å². The Morgan fingerprint density at radius 2 is 2.10 bits per heavy atom. The number of β-amino-alcohol motifs (C(OH)–C–C–N with tert-alkyl or cyclic N) is 1. The van der Waals surface area contributed by atoms with E-state index in [1.54, 1.807) is 11.4 Å². The molecule has 3 heterocycles. The molecule has 0 aromatic carbocycles. The lowest BCUT2D eigenvalue weighted by atomic mass is 9.85. The Labute approximate surface area is 128 Å². The van der Waals surface area contributed by atoms with Gasteiger partial charge in [0.15, 0.2) is 0 Å². The first-order valence-electron chi connectivity index (χ1n) is 6.91. The Bertz CT molecular complexity index is 580. The SMILES string of the molecule is O=S(=O)(Cc1ccsc1)N1C[C@@H](O)[C@@H](O)C12CCOCC2. The lowest BCUT2D eigenvalue weighted by molar-refractivity contribution is -0.0537. The molecule has 1 aromatic heterocycles. The van der Waals surface area contributed by atoms with E-state index >= 15 is 0 Å². The van der Waals surface area contributed by atoms with Gasteiger partial charge in [0.25, 0.3) is 0 Å². The molecule has 3 rings (SSSR count). The van der Waals surface area contributed by atoms with Crippen LogP contribution in [0.1, 0.15) is 18.4 Å². The summed E-state index contributed by atoms with van der Waals surface area (Å²) in [5.41, 5.74) is -0.190. The van der Waals surface area contributed by atoms with Crippen LogP contribution in [0.4, 0.5) is 0 Å². The maximum absolute atomic E-state index is 12.7. The molecule has 1 aromatic rings. The number of ether oxygens (including phenoxy) is 1. The molecule has 0 aliphatic carbocycles. The topological polar surface area (TPSA) is 87.1 Å². The Hall–Kier alpha value is -0.510. The van der Waals surface area contributed by atoms with Gasteiger partial charge in [0.1, 0.15) is 6.10 Å². The zero-order valence-corrected chi connectivity index (χ0v) is 13.1. The molecule has 2 N–H and O–H groups in total. The van der Waals surface area contributed by atoms with Crippen molar-refractivity contribution in [1.29, 1.82) is 0 Å². The van der Waals surface area contributed by atoms with Gasteiger partial charge in [0.05, 0.1) is 17.4 Å². The Morgan fingerprint density at radius 3 is 2.71 bits per heavy atom. The van der Waals surface area contributed by atoms with Gasteiger partial charge < -0.3 is 14.9 Å². The van der Waals surface area contributed by atoms with E-state index in [4.69, 9.17) is 4.74 Å². The Kier molecular flexibility index (Phi) is 4.10. The molecule has 0 saturated carbocycles. The van der Waals surface area contributed by atoms with Gasteiger partial charge in [0, 0.05) is 19.8 Å². The average Bonchev–Trinajstić information content (AvgIpc) is 3.03. The van der Waals surface area contributed by atoms with E-state index in [0.29, 0.717) is 26.1 Å². The van der Waals surface area contributed by atoms with Crippen LogP contribution in [0.3, 0.4) is 0 Å². The first-order valence-corrected chi connectivity index (χ1v) is 9.46. The molecular formula is C13H19NO5S2.